The van der Waals surface area contributed by atoms with E-state index in [0.29, 0.717) is 45.4 Å². The predicted molar refractivity (Wildman–Crippen MR) is 120 cm³/mol. The van der Waals surface area contributed by atoms with Gasteiger partial charge in [0.2, 0.25) is 12.5 Å². The molecule has 0 N–H and O–H groups in total. The van der Waals surface area contributed by atoms with Crippen LogP contribution in [0.4, 0.5) is 0 Å². The molecule has 0 unspecified atom stereocenters. The minimum Gasteiger partial charge on any atom is -0.493 e. The topological polar surface area (TPSA) is 98.8 Å². The van der Waals surface area contributed by atoms with Crippen molar-refractivity contribution in [3.05, 3.63) is 47.0 Å². The molecule has 0 radical (unpaired) electrons. The van der Waals surface area contributed by atoms with E-state index in [1.165, 1.54) is 28.3 Å². The van der Waals surface area contributed by atoms with Crippen molar-refractivity contribution < 1.29 is 42.7 Å². The van der Waals surface area contributed by atoms with Gasteiger partial charge in [0.25, 0.3) is 0 Å². The maximum absolute atomic E-state index is 13.1. The zero-order chi connectivity index (χ0) is 24.4. The molecule has 34 heavy (non-hydrogen) atoms. The van der Waals surface area contributed by atoms with E-state index in [4.69, 9.17) is 33.2 Å². The average molecular weight is 470 g/mol. The van der Waals surface area contributed by atoms with E-state index in [1.807, 2.05) is 0 Å². The van der Waals surface area contributed by atoms with Crippen molar-refractivity contribution in [2.75, 3.05) is 34.7 Å². The lowest BCUT2D eigenvalue weighted by Gasteiger charge is -2.32. The molecule has 0 saturated carbocycles. The van der Waals surface area contributed by atoms with Gasteiger partial charge in [-0.05, 0) is 48.4 Å². The van der Waals surface area contributed by atoms with Crippen molar-refractivity contribution >= 4 is 17.7 Å². The fraction of sp³-hybridized carbons (Fsp3) is 0.360. The summed E-state index contributed by atoms with van der Waals surface area (Å²) in [7, 11) is 4.57. The molecule has 2 aromatic carbocycles. The number of methoxy groups -OCH3 is 3. The van der Waals surface area contributed by atoms with Gasteiger partial charge in [-0.3, -0.25) is 9.59 Å². The van der Waals surface area contributed by atoms with E-state index >= 15 is 0 Å². The number of esters is 2. The minimum atomic E-state index is -0.801. The second kappa shape index (κ2) is 9.54. The lowest BCUT2D eigenvalue weighted by atomic mass is 9.74. The Morgan fingerprint density at radius 1 is 0.971 bits per heavy atom. The zero-order valence-corrected chi connectivity index (χ0v) is 19.6. The highest BCUT2D eigenvalue weighted by atomic mass is 16.7. The molecule has 1 heterocycles. The van der Waals surface area contributed by atoms with Crippen molar-refractivity contribution in [2.24, 2.45) is 5.92 Å². The molecule has 0 spiro atoms. The summed E-state index contributed by atoms with van der Waals surface area (Å²) in [5.74, 6) is 0.312. The van der Waals surface area contributed by atoms with Gasteiger partial charge in [0.05, 0.1) is 33.9 Å². The standard InChI is InChI=1S/C25H26O9/c1-6-31-25(27)17-11-18(34-13(2)26)15-9-19-20(33-12-32-19)10-16(15)23(17)14-7-21(28-3)24(30-5)22(8-14)29-4/h7-11,17,23H,6,12H2,1-5H3/t17-,23-/m1/s1. The second-order valence-corrected chi connectivity index (χ2v) is 7.63. The first-order chi connectivity index (χ1) is 16.4. The number of carbonyl (C=O) groups excluding carboxylic acids is 2. The van der Waals surface area contributed by atoms with Crippen LogP contribution in [0.5, 0.6) is 28.7 Å². The molecular formula is C25H26O9. The van der Waals surface area contributed by atoms with Gasteiger partial charge in [-0.1, -0.05) is 0 Å². The second-order valence-electron chi connectivity index (χ2n) is 7.63. The first-order valence-electron chi connectivity index (χ1n) is 10.7. The van der Waals surface area contributed by atoms with Crippen LogP contribution >= 0.6 is 0 Å². The number of hydrogen-bond donors (Lipinski definition) is 0. The zero-order valence-electron chi connectivity index (χ0n) is 19.6. The van der Waals surface area contributed by atoms with Gasteiger partial charge >= 0.3 is 11.9 Å². The summed E-state index contributed by atoms with van der Waals surface area (Å²) >= 11 is 0. The fourth-order valence-corrected chi connectivity index (χ4v) is 4.33. The number of hydrogen-bond acceptors (Lipinski definition) is 9. The van der Waals surface area contributed by atoms with Crippen LogP contribution in [0.2, 0.25) is 0 Å². The molecule has 0 amide bonds. The Bertz CT molecular complexity index is 1130. The molecular weight excluding hydrogens is 444 g/mol. The Kier molecular flexibility index (Phi) is 6.54. The monoisotopic (exact) mass is 470 g/mol. The van der Waals surface area contributed by atoms with Crippen LogP contribution in [0, 0.1) is 5.92 Å². The van der Waals surface area contributed by atoms with E-state index in [9.17, 15) is 9.59 Å². The highest BCUT2D eigenvalue weighted by molar-refractivity contribution is 5.86. The Morgan fingerprint density at radius 3 is 2.18 bits per heavy atom. The number of rotatable bonds is 7. The third-order valence-corrected chi connectivity index (χ3v) is 5.69. The first-order valence-corrected chi connectivity index (χ1v) is 10.7. The van der Waals surface area contributed by atoms with Crippen LogP contribution in [0.25, 0.3) is 5.76 Å². The Morgan fingerprint density at radius 2 is 1.62 bits per heavy atom. The molecule has 9 heteroatoms. The molecule has 2 aromatic rings. The molecule has 180 valence electrons. The van der Waals surface area contributed by atoms with Gasteiger partial charge in [0.15, 0.2) is 23.0 Å². The molecule has 0 bridgehead atoms. The van der Waals surface area contributed by atoms with Crippen LogP contribution in [-0.4, -0.2) is 46.7 Å². The van der Waals surface area contributed by atoms with Crippen molar-refractivity contribution in [1.29, 1.82) is 0 Å². The third-order valence-electron chi connectivity index (χ3n) is 5.69. The number of ether oxygens (including phenoxy) is 7. The minimum absolute atomic E-state index is 0.0704. The molecule has 2 aliphatic rings. The van der Waals surface area contributed by atoms with Gasteiger partial charge in [-0.15, -0.1) is 0 Å². The Labute approximate surface area is 197 Å². The van der Waals surface area contributed by atoms with Crippen molar-refractivity contribution in [3.63, 3.8) is 0 Å². The molecule has 0 fully saturated rings. The van der Waals surface area contributed by atoms with Crippen LogP contribution in [0.3, 0.4) is 0 Å². The van der Waals surface area contributed by atoms with E-state index in [-0.39, 0.29) is 19.2 Å². The summed E-state index contributed by atoms with van der Waals surface area (Å²) in [6.07, 6.45) is 1.61. The van der Waals surface area contributed by atoms with Crippen LogP contribution in [0.15, 0.2) is 30.3 Å². The summed E-state index contributed by atoms with van der Waals surface area (Å²) < 4.78 is 38.6. The average Bonchev–Trinajstić information content (AvgIpc) is 3.29. The molecule has 1 aliphatic heterocycles. The van der Waals surface area contributed by atoms with Gasteiger partial charge in [-0.2, -0.15) is 0 Å². The van der Waals surface area contributed by atoms with Crippen LogP contribution in [-0.2, 0) is 19.1 Å². The summed E-state index contributed by atoms with van der Waals surface area (Å²) in [5.41, 5.74) is 2.03. The highest BCUT2D eigenvalue weighted by Crippen LogP contribution is 2.50. The fourth-order valence-electron chi connectivity index (χ4n) is 4.33. The van der Waals surface area contributed by atoms with Gasteiger partial charge in [-0.25, -0.2) is 0 Å². The van der Waals surface area contributed by atoms with Gasteiger partial charge in [0.1, 0.15) is 5.76 Å². The van der Waals surface area contributed by atoms with Gasteiger partial charge in [0, 0.05) is 18.4 Å². The number of carbonyl (C=O) groups is 2. The highest BCUT2D eigenvalue weighted by Gasteiger charge is 2.40. The quantitative estimate of drug-likeness (QED) is 0.561. The summed E-state index contributed by atoms with van der Waals surface area (Å²) in [5, 5.41) is 0. The summed E-state index contributed by atoms with van der Waals surface area (Å²) in [4.78, 5) is 25.0. The number of benzene rings is 2. The van der Waals surface area contributed by atoms with E-state index in [0.717, 1.165) is 0 Å². The Balaban J connectivity index is 1.97. The summed E-state index contributed by atoms with van der Waals surface area (Å²) in [6.45, 7) is 3.30. The lowest BCUT2D eigenvalue weighted by Crippen LogP contribution is -2.28. The maximum atomic E-state index is 13.1. The predicted octanol–water partition coefficient (Wildman–Crippen LogP) is 3.67. The number of fused-ring (bicyclic) bond motifs is 2. The van der Waals surface area contributed by atoms with E-state index < -0.39 is 23.8 Å². The normalized spacial score (nSPS) is 17.9. The van der Waals surface area contributed by atoms with Gasteiger partial charge < -0.3 is 33.2 Å². The molecule has 0 aromatic heterocycles. The molecule has 1 aliphatic carbocycles. The first kappa shape index (κ1) is 23.3. The lowest BCUT2D eigenvalue weighted by molar-refractivity contribution is -0.147. The van der Waals surface area contributed by atoms with Crippen LogP contribution < -0.4 is 23.7 Å². The largest absolute Gasteiger partial charge is 0.493 e. The molecule has 9 nitrogen and oxygen atoms in total. The van der Waals surface area contributed by atoms with Crippen LogP contribution in [0.1, 0.15) is 36.5 Å². The van der Waals surface area contributed by atoms with E-state index in [2.05, 4.69) is 0 Å². The van der Waals surface area contributed by atoms with Crippen molar-refractivity contribution in [3.8, 4) is 28.7 Å². The smallest absolute Gasteiger partial charge is 0.313 e. The SMILES string of the molecule is CCOC(=O)[C@@H]1C=C(OC(C)=O)c2cc3c(cc2[C@H]1c1cc(OC)c(OC)c(OC)c1)OCO3. The Hall–Kier alpha value is -3.88. The van der Waals surface area contributed by atoms with E-state index in [1.54, 1.807) is 37.3 Å². The molecule has 2 atom stereocenters. The van der Waals surface area contributed by atoms with Crippen molar-refractivity contribution in [1.82, 2.24) is 0 Å². The molecule has 4 rings (SSSR count). The maximum Gasteiger partial charge on any atom is 0.313 e. The molecule has 0 saturated heterocycles. The third kappa shape index (κ3) is 4.09. The summed E-state index contributed by atoms with van der Waals surface area (Å²) in [6, 6.07) is 7.13. The van der Waals surface area contributed by atoms with Crippen molar-refractivity contribution in [2.45, 2.75) is 19.8 Å².